The average molecular weight is 184 g/mol. The highest BCUT2D eigenvalue weighted by molar-refractivity contribution is 7.17. The summed E-state index contributed by atoms with van der Waals surface area (Å²) in [4.78, 5) is 0. The number of hydrogen-bond acceptors (Lipinski definition) is 2. The molecule has 1 rings (SSSR count). The van der Waals surface area contributed by atoms with E-state index in [1.807, 2.05) is 13.0 Å². The second-order valence-electron chi connectivity index (χ2n) is 3.81. The Balaban J connectivity index is 2.80. The SMILES string of the molecule is CC1=C(OP=O)C=CC(C)(C)C1. The van der Waals surface area contributed by atoms with Crippen LogP contribution in [-0.4, -0.2) is 0 Å². The third kappa shape index (κ3) is 2.18. The maximum absolute atomic E-state index is 10.2. The summed E-state index contributed by atoms with van der Waals surface area (Å²) >= 11 is 0. The van der Waals surface area contributed by atoms with Crippen LogP contribution in [0.5, 0.6) is 0 Å². The number of rotatable bonds is 2. The van der Waals surface area contributed by atoms with Gasteiger partial charge >= 0.3 is 8.69 Å². The molecule has 2 nitrogen and oxygen atoms in total. The zero-order valence-corrected chi connectivity index (χ0v) is 8.52. The van der Waals surface area contributed by atoms with E-state index in [1.54, 1.807) is 0 Å². The summed E-state index contributed by atoms with van der Waals surface area (Å²) in [5, 5.41) is 0. The highest BCUT2D eigenvalue weighted by atomic mass is 31.1. The lowest BCUT2D eigenvalue weighted by Gasteiger charge is -2.25. The van der Waals surface area contributed by atoms with E-state index < -0.39 is 0 Å². The molecule has 0 saturated heterocycles. The molecule has 0 bridgehead atoms. The lowest BCUT2D eigenvalue weighted by atomic mass is 9.82. The van der Waals surface area contributed by atoms with Gasteiger partial charge in [-0.15, -0.1) is 0 Å². The van der Waals surface area contributed by atoms with Gasteiger partial charge in [0.15, 0.2) is 0 Å². The maximum Gasteiger partial charge on any atom is 0.395 e. The van der Waals surface area contributed by atoms with Gasteiger partial charge in [-0.1, -0.05) is 19.9 Å². The van der Waals surface area contributed by atoms with Crippen LogP contribution in [0.15, 0.2) is 23.5 Å². The molecule has 0 aromatic rings. The van der Waals surface area contributed by atoms with E-state index in [2.05, 4.69) is 19.9 Å². The molecule has 0 saturated carbocycles. The molecule has 0 amide bonds. The average Bonchev–Trinajstić information content (AvgIpc) is 1.94. The van der Waals surface area contributed by atoms with Crippen molar-refractivity contribution >= 4 is 8.69 Å². The van der Waals surface area contributed by atoms with Crippen LogP contribution in [0.4, 0.5) is 0 Å². The van der Waals surface area contributed by atoms with Crippen LogP contribution >= 0.6 is 8.69 Å². The molecule has 1 aliphatic rings. The molecule has 0 atom stereocenters. The van der Waals surface area contributed by atoms with Crippen molar-refractivity contribution in [2.75, 3.05) is 0 Å². The Morgan fingerprint density at radius 3 is 2.75 bits per heavy atom. The zero-order valence-electron chi connectivity index (χ0n) is 7.63. The lowest BCUT2D eigenvalue weighted by molar-refractivity contribution is 0.410. The molecule has 0 radical (unpaired) electrons. The van der Waals surface area contributed by atoms with Crippen molar-refractivity contribution in [3.63, 3.8) is 0 Å². The summed E-state index contributed by atoms with van der Waals surface area (Å²) < 4.78 is 15.1. The van der Waals surface area contributed by atoms with E-state index in [0.29, 0.717) is 0 Å². The fourth-order valence-electron chi connectivity index (χ4n) is 1.42. The Hall–Kier alpha value is -0.620. The topological polar surface area (TPSA) is 26.3 Å². The fraction of sp³-hybridized carbons (Fsp3) is 0.556. The zero-order chi connectivity index (χ0) is 9.19. The Morgan fingerprint density at radius 2 is 2.25 bits per heavy atom. The second-order valence-corrected chi connectivity index (χ2v) is 4.14. The van der Waals surface area contributed by atoms with Gasteiger partial charge in [0.2, 0.25) is 0 Å². The molecule has 0 N–H and O–H groups in total. The van der Waals surface area contributed by atoms with Crippen LogP contribution in [-0.2, 0) is 9.09 Å². The van der Waals surface area contributed by atoms with Gasteiger partial charge in [-0.3, -0.25) is 0 Å². The van der Waals surface area contributed by atoms with Crippen molar-refractivity contribution in [3.8, 4) is 0 Å². The second kappa shape index (κ2) is 3.40. The van der Waals surface area contributed by atoms with Crippen LogP contribution in [0.25, 0.3) is 0 Å². The van der Waals surface area contributed by atoms with Gasteiger partial charge in [-0.2, -0.15) is 0 Å². The molecule has 12 heavy (non-hydrogen) atoms. The quantitative estimate of drug-likeness (QED) is 0.614. The van der Waals surface area contributed by atoms with Gasteiger partial charge in [0.05, 0.1) is 0 Å². The van der Waals surface area contributed by atoms with Gasteiger partial charge in [-0.25, -0.2) is 4.57 Å². The van der Waals surface area contributed by atoms with Gasteiger partial charge < -0.3 is 4.52 Å². The predicted molar refractivity (Wildman–Crippen MR) is 48.9 cm³/mol. The minimum absolute atomic E-state index is 0.205. The minimum atomic E-state index is -0.275. The molecular weight excluding hydrogens is 171 g/mol. The van der Waals surface area contributed by atoms with Crippen molar-refractivity contribution in [1.29, 1.82) is 0 Å². The maximum atomic E-state index is 10.2. The third-order valence-electron chi connectivity index (χ3n) is 1.96. The molecule has 0 unspecified atom stereocenters. The molecule has 0 fully saturated rings. The van der Waals surface area contributed by atoms with E-state index >= 15 is 0 Å². The number of allylic oxidation sites excluding steroid dienone is 3. The first-order chi connectivity index (χ1) is 5.55. The molecule has 0 spiro atoms. The first kappa shape index (κ1) is 9.47. The first-order valence-corrected chi connectivity index (χ1v) is 4.67. The number of hydrogen-bond donors (Lipinski definition) is 0. The van der Waals surface area contributed by atoms with Gasteiger partial charge in [-0.05, 0) is 30.4 Å². The summed E-state index contributed by atoms with van der Waals surface area (Å²) in [6.45, 7) is 6.34. The third-order valence-corrected chi connectivity index (χ3v) is 2.23. The Morgan fingerprint density at radius 1 is 1.58 bits per heavy atom. The van der Waals surface area contributed by atoms with Crippen molar-refractivity contribution in [2.45, 2.75) is 27.2 Å². The molecule has 66 valence electrons. The van der Waals surface area contributed by atoms with Crippen LogP contribution < -0.4 is 0 Å². The minimum Gasteiger partial charge on any atom is -0.408 e. The highest BCUT2D eigenvalue weighted by Crippen LogP contribution is 2.34. The lowest BCUT2D eigenvalue weighted by Crippen LogP contribution is -2.12. The molecule has 0 aliphatic heterocycles. The molecule has 0 heterocycles. The van der Waals surface area contributed by atoms with Crippen LogP contribution in [0.3, 0.4) is 0 Å². The Kier molecular flexibility index (Phi) is 2.69. The molecule has 3 heteroatoms. The van der Waals surface area contributed by atoms with Crippen LogP contribution in [0, 0.1) is 5.41 Å². The fourth-order valence-corrected chi connectivity index (χ4v) is 1.72. The smallest absolute Gasteiger partial charge is 0.395 e. The van der Waals surface area contributed by atoms with E-state index in [0.717, 1.165) is 17.8 Å². The molecule has 0 aromatic carbocycles. The normalized spacial score (nSPS) is 21.6. The van der Waals surface area contributed by atoms with Crippen molar-refractivity contribution < 1.29 is 9.09 Å². The van der Waals surface area contributed by atoms with Crippen LogP contribution in [0.1, 0.15) is 27.2 Å². The summed E-state index contributed by atoms with van der Waals surface area (Å²) in [5.41, 5.74) is 1.36. The monoisotopic (exact) mass is 184 g/mol. The van der Waals surface area contributed by atoms with Crippen molar-refractivity contribution in [3.05, 3.63) is 23.5 Å². The van der Waals surface area contributed by atoms with E-state index in [9.17, 15) is 4.57 Å². The molecular formula is C9H13O2P. The van der Waals surface area contributed by atoms with E-state index in [-0.39, 0.29) is 14.1 Å². The summed E-state index contributed by atoms with van der Waals surface area (Å²) in [6, 6.07) is 0. The first-order valence-electron chi connectivity index (χ1n) is 3.94. The Bertz CT molecular complexity index is 251. The van der Waals surface area contributed by atoms with Gasteiger partial charge in [0.1, 0.15) is 5.76 Å². The van der Waals surface area contributed by atoms with Gasteiger partial charge in [0.25, 0.3) is 0 Å². The van der Waals surface area contributed by atoms with E-state index in [1.165, 1.54) is 0 Å². The molecule has 0 aromatic heterocycles. The standard InChI is InChI=1S/C9H13O2P/c1-7-6-9(2,3)5-4-8(7)11-12-10/h4-5H,6H2,1-3H3. The molecule has 1 aliphatic carbocycles. The largest absolute Gasteiger partial charge is 0.408 e. The Labute approximate surface area is 74.6 Å². The van der Waals surface area contributed by atoms with Crippen molar-refractivity contribution in [1.82, 2.24) is 0 Å². The van der Waals surface area contributed by atoms with Gasteiger partial charge in [0, 0.05) is 0 Å². The highest BCUT2D eigenvalue weighted by Gasteiger charge is 2.20. The predicted octanol–water partition coefficient (Wildman–Crippen LogP) is 3.47. The van der Waals surface area contributed by atoms with Crippen LogP contribution in [0.2, 0.25) is 0 Å². The van der Waals surface area contributed by atoms with E-state index in [4.69, 9.17) is 4.52 Å². The van der Waals surface area contributed by atoms with Crippen molar-refractivity contribution in [2.24, 2.45) is 5.41 Å². The summed E-state index contributed by atoms with van der Waals surface area (Å²) in [6.07, 6.45) is 4.94. The summed E-state index contributed by atoms with van der Waals surface area (Å²) in [5.74, 6) is 0.742. The summed E-state index contributed by atoms with van der Waals surface area (Å²) in [7, 11) is -0.275.